The van der Waals surface area contributed by atoms with Crippen LogP contribution in [0.25, 0.3) is 11.4 Å². The second kappa shape index (κ2) is 5.35. The molecule has 1 N–H and O–H groups in total. The summed E-state index contributed by atoms with van der Waals surface area (Å²) in [4.78, 5) is 3.27. The fourth-order valence-corrected chi connectivity index (χ4v) is 1.49. The molecule has 0 amide bonds. The van der Waals surface area contributed by atoms with Gasteiger partial charge in [0.2, 0.25) is 5.82 Å². The monoisotopic (exact) mass is 282 g/mol. The van der Waals surface area contributed by atoms with E-state index in [0.29, 0.717) is 11.1 Å². The number of halogens is 3. The molecule has 0 radical (unpaired) electrons. The molecule has 1 aromatic heterocycles. The van der Waals surface area contributed by atoms with Crippen molar-refractivity contribution < 1.29 is 22.8 Å². The summed E-state index contributed by atoms with van der Waals surface area (Å²) in [6.45, 7) is 1.59. The molecule has 0 aliphatic heterocycles. The molecule has 0 saturated carbocycles. The van der Waals surface area contributed by atoms with Gasteiger partial charge in [0.15, 0.2) is 0 Å². The van der Waals surface area contributed by atoms with Crippen molar-refractivity contribution in [3.63, 3.8) is 0 Å². The molecular formula is C13H9F3N2O2. The van der Waals surface area contributed by atoms with Gasteiger partial charge >= 0.3 is 12.1 Å². The molecule has 0 aliphatic carbocycles. The van der Waals surface area contributed by atoms with Gasteiger partial charge < -0.3 is 9.63 Å². The van der Waals surface area contributed by atoms with Crippen LogP contribution in [0.4, 0.5) is 13.2 Å². The summed E-state index contributed by atoms with van der Waals surface area (Å²) in [5.74, 6) is 3.56. The fourth-order valence-electron chi connectivity index (χ4n) is 1.49. The summed E-state index contributed by atoms with van der Waals surface area (Å²) in [7, 11) is 0. The second-order valence-electron chi connectivity index (χ2n) is 3.84. The van der Waals surface area contributed by atoms with Crippen LogP contribution in [0.15, 0.2) is 28.8 Å². The highest BCUT2D eigenvalue weighted by molar-refractivity contribution is 5.55. The van der Waals surface area contributed by atoms with E-state index in [4.69, 9.17) is 0 Å². The minimum Gasteiger partial charge on any atom is -0.376 e. The minimum atomic E-state index is -4.67. The lowest BCUT2D eigenvalue weighted by molar-refractivity contribution is -0.159. The topological polar surface area (TPSA) is 59.2 Å². The van der Waals surface area contributed by atoms with Crippen molar-refractivity contribution in [3.05, 3.63) is 35.7 Å². The molecule has 0 aliphatic rings. The van der Waals surface area contributed by atoms with E-state index in [1.165, 1.54) is 24.3 Å². The third-order valence-corrected chi connectivity index (χ3v) is 2.43. The highest BCUT2D eigenvalue weighted by Gasteiger charge is 2.38. The molecule has 1 unspecified atom stereocenters. The smallest absolute Gasteiger partial charge is 0.376 e. The number of nitrogens with zero attached hydrogens (tertiary/aromatic N) is 2. The number of aromatic nitrogens is 2. The van der Waals surface area contributed by atoms with Crippen LogP contribution in [-0.2, 0) is 6.18 Å². The van der Waals surface area contributed by atoms with Crippen molar-refractivity contribution in [3.8, 4) is 23.2 Å². The normalized spacial score (nSPS) is 12.7. The van der Waals surface area contributed by atoms with Crippen molar-refractivity contribution in [2.75, 3.05) is 0 Å². The number of benzene rings is 1. The van der Waals surface area contributed by atoms with Gasteiger partial charge in [-0.2, -0.15) is 18.2 Å². The Morgan fingerprint density at radius 2 is 1.90 bits per heavy atom. The van der Waals surface area contributed by atoms with Crippen molar-refractivity contribution in [2.45, 2.75) is 19.2 Å². The Morgan fingerprint density at radius 3 is 2.40 bits per heavy atom. The highest BCUT2D eigenvalue weighted by atomic mass is 19.4. The molecular weight excluding hydrogens is 273 g/mol. The molecule has 2 rings (SSSR count). The van der Waals surface area contributed by atoms with Gasteiger partial charge in [-0.15, -0.1) is 5.92 Å². The van der Waals surface area contributed by atoms with Crippen LogP contribution in [0.5, 0.6) is 0 Å². The van der Waals surface area contributed by atoms with Crippen LogP contribution in [0.2, 0.25) is 0 Å². The Bertz CT molecular complexity index is 651. The second-order valence-corrected chi connectivity index (χ2v) is 3.84. The standard InChI is InChI=1S/C13H9F3N2O2/c1-2-3-10(19)8-4-6-9(7-5-8)11-17-12(20-18-11)13(14,15)16/h4-7,10,19H,1H3. The number of aliphatic hydroxyl groups is 1. The number of hydrogen-bond acceptors (Lipinski definition) is 4. The summed E-state index contributed by atoms with van der Waals surface area (Å²) >= 11 is 0. The van der Waals surface area contributed by atoms with E-state index < -0.39 is 18.2 Å². The number of hydrogen-bond donors (Lipinski definition) is 1. The first-order chi connectivity index (χ1) is 9.41. The van der Waals surface area contributed by atoms with Crippen LogP contribution >= 0.6 is 0 Å². The Labute approximate surface area is 112 Å². The fraction of sp³-hybridized carbons (Fsp3) is 0.231. The maximum Gasteiger partial charge on any atom is 0.471 e. The Hall–Kier alpha value is -2.33. The van der Waals surface area contributed by atoms with Crippen LogP contribution in [0.3, 0.4) is 0 Å². The molecule has 0 spiro atoms. The molecule has 2 aromatic rings. The lowest BCUT2D eigenvalue weighted by atomic mass is 10.1. The van der Waals surface area contributed by atoms with Crippen LogP contribution in [0, 0.1) is 11.8 Å². The van der Waals surface area contributed by atoms with E-state index in [9.17, 15) is 18.3 Å². The summed E-state index contributed by atoms with van der Waals surface area (Å²) in [6, 6.07) is 6.05. The Balaban J connectivity index is 2.26. The molecule has 104 valence electrons. The largest absolute Gasteiger partial charge is 0.471 e. The zero-order valence-electron chi connectivity index (χ0n) is 10.3. The number of rotatable bonds is 2. The summed E-state index contributed by atoms with van der Waals surface area (Å²) < 4.78 is 41.1. The van der Waals surface area contributed by atoms with Gasteiger partial charge in [-0.25, -0.2) is 0 Å². The Kier molecular flexibility index (Phi) is 3.77. The molecule has 4 nitrogen and oxygen atoms in total. The summed E-state index contributed by atoms with van der Waals surface area (Å²) in [5.41, 5.74) is 0.882. The van der Waals surface area contributed by atoms with E-state index in [2.05, 4.69) is 26.5 Å². The van der Waals surface area contributed by atoms with Crippen LogP contribution in [0.1, 0.15) is 24.5 Å². The minimum absolute atomic E-state index is 0.167. The predicted molar refractivity (Wildman–Crippen MR) is 63.1 cm³/mol. The summed E-state index contributed by atoms with van der Waals surface area (Å²) in [5, 5.41) is 12.9. The van der Waals surface area contributed by atoms with Gasteiger partial charge in [-0.3, -0.25) is 0 Å². The average molecular weight is 282 g/mol. The maximum absolute atomic E-state index is 12.3. The maximum atomic E-state index is 12.3. The zero-order valence-corrected chi connectivity index (χ0v) is 10.3. The molecule has 1 aromatic carbocycles. The van der Waals surface area contributed by atoms with Gasteiger partial charge in [0, 0.05) is 5.56 Å². The van der Waals surface area contributed by atoms with E-state index >= 15 is 0 Å². The van der Waals surface area contributed by atoms with E-state index in [1.807, 2.05) is 0 Å². The molecule has 7 heteroatoms. The van der Waals surface area contributed by atoms with Gasteiger partial charge in [-0.05, 0) is 12.5 Å². The lowest BCUT2D eigenvalue weighted by Crippen LogP contribution is -2.04. The first-order valence-electron chi connectivity index (χ1n) is 5.53. The van der Waals surface area contributed by atoms with Crippen LogP contribution in [-0.4, -0.2) is 15.2 Å². The third-order valence-electron chi connectivity index (χ3n) is 2.43. The first kappa shape index (κ1) is 14.1. The molecule has 0 bridgehead atoms. The molecule has 0 fully saturated rings. The lowest BCUT2D eigenvalue weighted by Gasteiger charge is -2.03. The van der Waals surface area contributed by atoms with Crippen molar-refractivity contribution in [2.24, 2.45) is 0 Å². The summed E-state index contributed by atoms with van der Waals surface area (Å²) in [6.07, 6.45) is -5.61. The van der Waals surface area contributed by atoms with Crippen LogP contribution < -0.4 is 0 Å². The number of alkyl halides is 3. The molecule has 0 saturated heterocycles. The zero-order chi connectivity index (χ0) is 14.8. The molecule has 20 heavy (non-hydrogen) atoms. The van der Waals surface area contributed by atoms with E-state index in [1.54, 1.807) is 6.92 Å². The van der Waals surface area contributed by atoms with Crippen molar-refractivity contribution in [1.29, 1.82) is 0 Å². The highest BCUT2D eigenvalue weighted by Crippen LogP contribution is 2.29. The van der Waals surface area contributed by atoms with E-state index in [0.717, 1.165) is 0 Å². The molecule has 1 atom stereocenters. The molecule has 1 heterocycles. The Morgan fingerprint density at radius 1 is 1.25 bits per heavy atom. The quantitative estimate of drug-likeness (QED) is 0.860. The van der Waals surface area contributed by atoms with Crippen molar-refractivity contribution in [1.82, 2.24) is 10.1 Å². The predicted octanol–water partition coefficient (Wildman–Crippen LogP) is 2.81. The van der Waals surface area contributed by atoms with Gasteiger partial charge in [0.1, 0.15) is 6.10 Å². The average Bonchev–Trinajstić information content (AvgIpc) is 2.89. The third kappa shape index (κ3) is 2.97. The van der Waals surface area contributed by atoms with Crippen molar-refractivity contribution >= 4 is 0 Å². The SMILES string of the molecule is CC#CC(O)c1ccc(-c2noc(C(F)(F)F)n2)cc1. The van der Waals surface area contributed by atoms with Gasteiger partial charge in [0.25, 0.3) is 0 Å². The van der Waals surface area contributed by atoms with Gasteiger partial charge in [0.05, 0.1) is 0 Å². The van der Waals surface area contributed by atoms with E-state index in [-0.39, 0.29) is 5.82 Å². The first-order valence-corrected chi connectivity index (χ1v) is 5.53. The number of aliphatic hydroxyl groups excluding tert-OH is 1. The van der Waals surface area contributed by atoms with Gasteiger partial charge in [-0.1, -0.05) is 35.3 Å².